The number of hydrogen-bond acceptors (Lipinski definition) is 7. The molecule has 3 aromatic carbocycles. The molecule has 0 radical (unpaired) electrons. The van der Waals surface area contributed by atoms with Crippen LogP contribution in [0.3, 0.4) is 0 Å². The first-order valence-corrected chi connectivity index (χ1v) is 11.4. The first-order valence-electron chi connectivity index (χ1n) is 10.6. The lowest BCUT2D eigenvalue weighted by Crippen LogP contribution is -2.23. The van der Waals surface area contributed by atoms with E-state index < -0.39 is 0 Å². The maximum absolute atomic E-state index is 13.0. The zero-order valence-electron chi connectivity index (χ0n) is 18.6. The van der Waals surface area contributed by atoms with Crippen LogP contribution < -0.4 is 24.3 Å². The number of ether oxygens (including phenoxy) is 3. The van der Waals surface area contributed by atoms with E-state index in [1.165, 1.54) is 15.9 Å². The Balaban J connectivity index is 1.44. The Morgan fingerprint density at radius 3 is 2.44 bits per heavy atom. The Kier molecular flexibility index (Phi) is 5.97. The van der Waals surface area contributed by atoms with E-state index in [0.717, 1.165) is 16.7 Å². The summed E-state index contributed by atoms with van der Waals surface area (Å²) in [7, 11) is 3.19. The second-order valence-corrected chi connectivity index (χ2v) is 8.44. The van der Waals surface area contributed by atoms with Gasteiger partial charge in [0.15, 0.2) is 17.3 Å². The van der Waals surface area contributed by atoms with Gasteiger partial charge in [-0.25, -0.2) is 0 Å². The Bertz CT molecular complexity index is 1560. The molecule has 8 heteroatoms. The van der Waals surface area contributed by atoms with Crippen LogP contribution in [-0.4, -0.2) is 28.8 Å². The molecule has 0 unspecified atom stereocenters. The highest BCUT2D eigenvalue weighted by Gasteiger charge is 2.15. The molecular weight excluding hydrogens is 450 g/mol. The Hall–Kier alpha value is -4.17. The molecule has 34 heavy (non-hydrogen) atoms. The predicted molar refractivity (Wildman–Crippen MR) is 132 cm³/mol. The van der Waals surface area contributed by atoms with Gasteiger partial charge >= 0.3 is 0 Å². The van der Waals surface area contributed by atoms with E-state index in [9.17, 15) is 4.79 Å². The zero-order chi connectivity index (χ0) is 23.5. The largest absolute Gasteiger partial charge is 0.496 e. The molecule has 5 aromatic rings. The highest BCUT2D eigenvalue weighted by atomic mass is 32.1. The monoisotopic (exact) mass is 471 g/mol. The van der Waals surface area contributed by atoms with E-state index in [1.807, 2.05) is 72.8 Å². The van der Waals surface area contributed by atoms with Crippen LogP contribution in [0.25, 0.3) is 22.4 Å². The van der Waals surface area contributed by atoms with Crippen molar-refractivity contribution in [1.82, 2.24) is 14.6 Å². The van der Waals surface area contributed by atoms with E-state index in [4.69, 9.17) is 14.2 Å². The van der Waals surface area contributed by atoms with Crippen molar-refractivity contribution in [2.24, 2.45) is 0 Å². The molecule has 0 saturated carbocycles. The van der Waals surface area contributed by atoms with Gasteiger partial charge in [-0.05, 0) is 41.5 Å². The van der Waals surface area contributed by atoms with Gasteiger partial charge in [0.05, 0.1) is 24.3 Å². The van der Waals surface area contributed by atoms with Gasteiger partial charge in [0.25, 0.3) is 5.56 Å². The Morgan fingerprint density at radius 2 is 1.68 bits per heavy atom. The van der Waals surface area contributed by atoms with Crippen LogP contribution in [0.15, 0.2) is 77.6 Å². The van der Waals surface area contributed by atoms with Crippen molar-refractivity contribution in [1.29, 1.82) is 0 Å². The average molecular weight is 472 g/mol. The zero-order valence-corrected chi connectivity index (χ0v) is 19.4. The molecule has 0 fully saturated rings. The number of aromatic nitrogens is 3. The van der Waals surface area contributed by atoms with Gasteiger partial charge in [0.2, 0.25) is 4.96 Å². The van der Waals surface area contributed by atoms with Crippen LogP contribution >= 0.6 is 11.3 Å². The number of rotatable bonds is 7. The summed E-state index contributed by atoms with van der Waals surface area (Å²) in [6.07, 6.45) is 1.80. The van der Waals surface area contributed by atoms with Gasteiger partial charge in [0, 0.05) is 0 Å². The number of hydrogen-bond donors (Lipinski definition) is 0. The molecule has 0 aliphatic heterocycles. The number of fused-ring (bicyclic) bond motifs is 1. The number of benzene rings is 3. The van der Waals surface area contributed by atoms with Crippen molar-refractivity contribution in [3.8, 4) is 28.6 Å². The molecule has 7 nitrogen and oxygen atoms in total. The van der Waals surface area contributed by atoms with Crippen molar-refractivity contribution in [2.45, 2.75) is 6.61 Å². The summed E-state index contributed by atoms with van der Waals surface area (Å²) in [6.45, 7) is 0.438. The molecule has 0 aliphatic rings. The lowest BCUT2D eigenvalue weighted by molar-refractivity contribution is 0.284. The fraction of sp³-hybridized carbons (Fsp3) is 0.115. The van der Waals surface area contributed by atoms with Crippen LogP contribution in [0.1, 0.15) is 11.1 Å². The minimum atomic E-state index is -0.225. The highest BCUT2D eigenvalue weighted by molar-refractivity contribution is 7.15. The fourth-order valence-electron chi connectivity index (χ4n) is 3.56. The molecule has 2 aromatic heterocycles. The second-order valence-electron chi connectivity index (χ2n) is 7.43. The lowest BCUT2D eigenvalue weighted by Gasteiger charge is -2.11. The summed E-state index contributed by atoms with van der Waals surface area (Å²) in [4.78, 5) is 18.0. The van der Waals surface area contributed by atoms with Crippen molar-refractivity contribution in [3.05, 3.63) is 98.8 Å². The molecule has 0 aliphatic carbocycles. The van der Waals surface area contributed by atoms with Gasteiger partial charge in [-0.3, -0.25) is 4.79 Å². The third-order valence-corrected chi connectivity index (χ3v) is 6.21. The van der Waals surface area contributed by atoms with E-state index >= 15 is 0 Å². The molecule has 5 rings (SSSR count). The van der Waals surface area contributed by atoms with Gasteiger partial charge in [0.1, 0.15) is 12.4 Å². The fourth-order valence-corrected chi connectivity index (χ4v) is 4.46. The highest BCUT2D eigenvalue weighted by Crippen LogP contribution is 2.29. The summed E-state index contributed by atoms with van der Waals surface area (Å²) in [6, 6.07) is 22.9. The molecule has 0 N–H and O–H groups in total. The van der Waals surface area contributed by atoms with Crippen LogP contribution in [-0.2, 0) is 6.61 Å². The first kappa shape index (κ1) is 21.7. The SMILES string of the molecule is COc1cc(/C=c2\sc3nc(-c4ccccc4OC)nn3c2=O)ccc1OCc1ccccc1. The maximum atomic E-state index is 13.0. The number of thiazole rings is 1. The maximum Gasteiger partial charge on any atom is 0.291 e. The topological polar surface area (TPSA) is 75.0 Å². The van der Waals surface area contributed by atoms with Crippen molar-refractivity contribution in [3.63, 3.8) is 0 Å². The number of para-hydroxylation sites is 1. The lowest BCUT2D eigenvalue weighted by atomic mass is 10.2. The summed E-state index contributed by atoms with van der Waals surface area (Å²) in [5.41, 5.74) is 2.40. The third kappa shape index (κ3) is 4.23. The molecule has 0 atom stereocenters. The molecule has 2 heterocycles. The molecule has 0 bridgehead atoms. The van der Waals surface area contributed by atoms with Gasteiger partial charge < -0.3 is 14.2 Å². The van der Waals surface area contributed by atoms with E-state index in [0.29, 0.717) is 39.2 Å². The van der Waals surface area contributed by atoms with Crippen LogP contribution in [0.2, 0.25) is 0 Å². The van der Waals surface area contributed by atoms with Crippen molar-refractivity contribution < 1.29 is 14.2 Å². The second kappa shape index (κ2) is 9.36. The van der Waals surface area contributed by atoms with E-state index in [2.05, 4.69) is 10.1 Å². The summed E-state index contributed by atoms with van der Waals surface area (Å²) < 4.78 is 18.7. The first-order chi connectivity index (χ1) is 16.7. The molecule has 0 saturated heterocycles. The van der Waals surface area contributed by atoms with Crippen LogP contribution in [0, 0.1) is 0 Å². The molecular formula is C26H21N3O4S. The summed E-state index contributed by atoms with van der Waals surface area (Å²) in [5, 5.41) is 4.41. The molecule has 0 amide bonds. The smallest absolute Gasteiger partial charge is 0.291 e. The van der Waals surface area contributed by atoms with Crippen LogP contribution in [0.4, 0.5) is 0 Å². The number of methoxy groups -OCH3 is 2. The summed E-state index contributed by atoms with van der Waals surface area (Å²) >= 11 is 1.28. The number of nitrogens with zero attached hydrogens (tertiary/aromatic N) is 3. The Labute approximate surface area is 199 Å². The van der Waals surface area contributed by atoms with Gasteiger partial charge in [-0.2, -0.15) is 9.50 Å². The van der Waals surface area contributed by atoms with Gasteiger partial charge in [-0.1, -0.05) is 59.9 Å². The Morgan fingerprint density at radius 1 is 0.912 bits per heavy atom. The van der Waals surface area contributed by atoms with E-state index in [-0.39, 0.29) is 5.56 Å². The van der Waals surface area contributed by atoms with Crippen LogP contribution in [0.5, 0.6) is 17.2 Å². The minimum Gasteiger partial charge on any atom is -0.496 e. The minimum absolute atomic E-state index is 0.225. The average Bonchev–Trinajstić information content (AvgIpc) is 3.42. The predicted octanol–water partition coefficient (Wildman–Crippen LogP) is 3.96. The normalized spacial score (nSPS) is 11.6. The summed E-state index contributed by atoms with van der Waals surface area (Å²) in [5.74, 6) is 2.33. The van der Waals surface area contributed by atoms with E-state index in [1.54, 1.807) is 20.3 Å². The quantitative estimate of drug-likeness (QED) is 0.358. The van der Waals surface area contributed by atoms with Crippen molar-refractivity contribution >= 4 is 22.4 Å². The molecule has 0 spiro atoms. The van der Waals surface area contributed by atoms with Gasteiger partial charge in [-0.15, -0.1) is 5.10 Å². The van der Waals surface area contributed by atoms with Crippen molar-refractivity contribution in [2.75, 3.05) is 14.2 Å². The standard InChI is InChI=1S/C26H21N3O4S/c1-31-20-11-7-6-10-19(20)24-27-26-29(28-24)25(30)23(34-26)15-18-12-13-21(22(14-18)32-2)33-16-17-8-4-3-5-9-17/h3-15H,16H2,1-2H3/b23-15-. The third-order valence-electron chi connectivity index (χ3n) is 5.25. The molecule has 170 valence electrons.